The Labute approximate surface area is 178 Å². The van der Waals surface area contributed by atoms with Gasteiger partial charge in [0.15, 0.2) is 15.7 Å². The molecule has 12 heteroatoms. The van der Waals surface area contributed by atoms with Gasteiger partial charge in [-0.25, -0.2) is 23.4 Å². The third-order valence-electron chi connectivity index (χ3n) is 4.28. The van der Waals surface area contributed by atoms with Crippen molar-refractivity contribution in [3.63, 3.8) is 0 Å². The highest BCUT2D eigenvalue weighted by molar-refractivity contribution is 7.90. The number of benzene rings is 1. The van der Waals surface area contributed by atoms with E-state index in [0.29, 0.717) is 5.82 Å². The molecule has 10 nitrogen and oxygen atoms in total. The van der Waals surface area contributed by atoms with Crippen LogP contribution in [0.25, 0.3) is 5.95 Å². The van der Waals surface area contributed by atoms with E-state index >= 15 is 0 Å². The summed E-state index contributed by atoms with van der Waals surface area (Å²) in [6, 6.07) is 4.85. The molecule has 3 rings (SSSR count). The Hall–Kier alpha value is -2.89. The summed E-state index contributed by atoms with van der Waals surface area (Å²) in [5.74, 6) is 0.0590. The lowest BCUT2D eigenvalue weighted by Gasteiger charge is -2.23. The number of rotatable bonds is 7. The molecule has 2 aromatic heterocycles. The molecule has 1 unspecified atom stereocenters. The summed E-state index contributed by atoms with van der Waals surface area (Å²) < 4.78 is 30.6. The maximum Gasteiger partial charge on any atom is 0.252 e. The normalized spacial score (nSPS) is 13.6. The number of sulfone groups is 1. The summed E-state index contributed by atoms with van der Waals surface area (Å²) in [6.07, 6.45) is 4.96. The molecule has 3 aromatic rings. The molecule has 0 fully saturated rings. The first-order valence-corrected chi connectivity index (χ1v) is 11.0. The molecular formula is C18H19ClN6O4S. The number of methoxy groups -OCH3 is 1. The van der Waals surface area contributed by atoms with Gasteiger partial charge in [0.05, 0.1) is 11.0 Å². The monoisotopic (exact) mass is 450 g/mol. The van der Waals surface area contributed by atoms with Crippen LogP contribution in [0.3, 0.4) is 0 Å². The largest absolute Gasteiger partial charge is 0.379 e. The van der Waals surface area contributed by atoms with Crippen molar-refractivity contribution in [1.82, 2.24) is 30.0 Å². The Kier molecular flexibility index (Phi) is 6.44. The number of carbonyl (C=O) groups is 1. The van der Waals surface area contributed by atoms with Gasteiger partial charge in [-0.1, -0.05) is 11.6 Å². The highest BCUT2D eigenvalue weighted by Crippen LogP contribution is 2.22. The molecule has 0 saturated heterocycles. The lowest BCUT2D eigenvalue weighted by molar-refractivity contribution is 0.0672. The molecule has 2 atom stereocenters. The van der Waals surface area contributed by atoms with Crippen molar-refractivity contribution < 1.29 is 17.9 Å². The minimum Gasteiger partial charge on any atom is -0.379 e. The summed E-state index contributed by atoms with van der Waals surface area (Å²) in [6.45, 7) is 1.75. The molecule has 1 N–H and O–H groups in total. The number of aromatic nitrogens is 5. The summed E-state index contributed by atoms with van der Waals surface area (Å²) in [5, 5.41) is 7.07. The fourth-order valence-corrected chi connectivity index (χ4v) is 3.66. The fourth-order valence-electron chi connectivity index (χ4n) is 2.68. The molecule has 30 heavy (non-hydrogen) atoms. The van der Waals surface area contributed by atoms with E-state index in [1.165, 1.54) is 36.3 Å². The third-order valence-corrected chi connectivity index (χ3v) is 5.59. The maximum absolute atomic E-state index is 12.9. The molecule has 0 aliphatic carbocycles. The second-order valence-electron chi connectivity index (χ2n) is 6.42. The van der Waals surface area contributed by atoms with Crippen LogP contribution < -0.4 is 5.32 Å². The quantitative estimate of drug-likeness (QED) is 0.574. The number of carbonyl (C=O) groups excluding carboxylic acids is 1. The van der Waals surface area contributed by atoms with Gasteiger partial charge in [0, 0.05) is 36.3 Å². The van der Waals surface area contributed by atoms with Crippen LogP contribution >= 0.6 is 11.6 Å². The second kappa shape index (κ2) is 8.86. The Morgan fingerprint density at radius 1 is 1.20 bits per heavy atom. The number of nitrogens with one attached hydrogen (secondary N) is 1. The first kappa shape index (κ1) is 21.8. The number of hydrogen-bond acceptors (Lipinski definition) is 8. The van der Waals surface area contributed by atoms with E-state index in [9.17, 15) is 13.2 Å². The standard InChI is InChI=1S/C18H19ClN6O4S/c1-11(29-2)15(16-22-10-23-25(16)18-20-5-4-6-21-18)24-17(26)12-7-13(19)9-14(8-12)30(3,27)28/h4-11,15H,1-3H3,(H,24,26)/t11?,15-/m0/s1. The molecule has 0 saturated carbocycles. The van der Waals surface area contributed by atoms with Gasteiger partial charge in [-0.2, -0.15) is 9.78 Å². The van der Waals surface area contributed by atoms with Crippen molar-refractivity contribution in [3.05, 3.63) is 59.4 Å². The van der Waals surface area contributed by atoms with E-state index in [1.54, 1.807) is 25.4 Å². The SMILES string of the molecule is COC(C)[C@H](NC(=O)c1cc(Cl)cc(S(C)(=O)=O)c1)c1ncnn1-c1ncccn1. The smallest absolute Gasteiger partial charge is 0.252 e. The van der Waals surface area contributed by atoms with Crippen LogP contribution in [-0.4, -0.2) is 58.5 Å². The number of amides is 1. The average molecular weight is 451 g/mol. The van der Waals surface area contributed by atoms with Crippen molar-refractivity contribution >= 4 is 27.3 Å². The van der Waals surface area contributed by atoms with Crippen LogP contribution in [0, 0.1) is 0 Å². The van der Waals surface area contributed by atoms with Gasteiger partial charge in [0.1, 0.15) is 12.4 Å². The van der Waals surface area contributed by atoms with Crippen LogP contribution in [0.1, 0.15) is 29.1 Å². The van der Waals surface area contributed by atoms with E-state index in [1.807, 2.05) is 0 Å². The van der Waals surface area contributed by atoms with E-state index in [4.69, 9.17) is 16.3 Å². The zero-order chi connectivity index (χ0) is 21.9. The van der Waals surface area contributed by atoms with Crippen LogP contribution in [0.15, 0.2) is 47.9 Å². The van der Waals surface area contributed by atoms with Gasteiger partial charge >= 0.3 is 0 Å². The van der Waals surface area contributed by atoms with E-state index < -0.39 is 27.9 Å². The first-order chi connectivity index (χ1) is 14.2. The van der Waals surface area contributed by atoms with Gasteiger partial charge in [0.25, 0.3) is 11.9 Å². The van der Waals surface area contributed by atoms with Gasteiger partial charge in [0.2, 0.25) is 0 Å². The highest BCUT2D eigenvalue weighted by Gasteiger charge is 2.28. The van der Waals surface area contributed by atoms with E-state index in [0.717, 1.165) is 6.26 Å². The molecular weight excluding hydrogens is 432 g/mol. The van der Waals surface area contributed by atoms with E-state index in [2.05, 4.69) is 25.4 Å². The van der Waals surface area contributed by atoms with Crippen LogP contribution in [0.5, 0.6) is 0 Å². The molecule has 0 aliphatic rings. The molecule has 0 radical (unpaired) electrons. The lowest BCUT2D eigenvalue weighted by atomic mass is 10.1. The second-order valence-corrected chi connectivity index (χ2v) is 8.87. The van der Waals surface area contributed by atoms with Crippen molar-refractivity contribution in [2.45, 2.75) is 24.0 Å². The summed E-state index contributed by atoms with van der Waals surface area (Å²) in [4.78, 5) is 25.4. The minimum absolute atomic E-state index is 0.0580. The molecule has 158 valence electrons. The zero-order valence-corrected chi connectivity index (χ0v) is 17.9. The van der Waals surface area contributed by atoms with Gasteiger partial charge in [-0.3, -0.25) is 4.79 Å². The third kappa shape index (κ3) is 4.81. The summed E-state index contributed by atoms with van der Waals surface area (Å²) in [7, 11) is -2.06. The molecule has 2 heterocycles. The number of nitrogens with zero attached hydrogens (tertiary/aromatic N) is 5. The average Bonchev–Trinajstić information content (AvgIpc) is 3.20. The summed E-state index contributed by atoms with van der Waals surface area (Å²) in [5.41, 5.74) is 0.0817. The zero-order valence-electron chi connectivity index (χ0n) is 16.4. The number of ether oxygens (including phenoxy) is 1. The van der Waals surface area contributed by atoms with Crippen LogP contribution in [0.4, 0.5) is 0 Å². The Morgan fingerprint density at radius 3 is 2.53 bits per heavy atom. The first-order valence-electron chi connectivity index (χ1n) is 8.72. The maximum atomic E-state index is 12.9. The molecule has 0 aliphatic heterocycles. The van der Waals surface area contributed by atoms with Crippen molar-refractivity contribution in [3.8, 4) is 5.95 Å². The summed E-state index contributed by atoms with van der Waals surface area (Å²) >= 11 is 6.02. The fraction of sp³-hybridized carbons (Fsp3) is 0.278. The number of hydrogen-bond donors (Lipinski definition) is 1. The van der Waals surface area contributed by atoms with Crippen molar-refractivity contribution in [2.75, 3.05) is 13.4 Å². The van der Waals surface area contributed by atoms with Crippen molar-refractivity contribution in [2.24, 2.45) is 0 Å². The Balaban J connectivity index is 1.98. The van der Waals surface area contributed by atoms with Crippen LogP contribution in [-0.2, 0) is 14.6 Å². The van der Waals surface area contributed by atoms with Gasteiger partial charge < -0.3 is 10.1 Å². The Morgan fingerprint density at radius 2 is 1.90 bits per heavy atom. The van der Waals surface area contributed by atoms with E-state index in [-0.39, 0.29) is 21.4 Å². The predicted octanol–water partition coefficient (Wildman–Crippen LogP) is 1.62. The minimum atomic E-state index is -3.55. The molecule has 1 amide bonds. The molecule has 0 spiro atoms. The Bertz CT molecular complexity index is 1150. The molecule has 0 bridgehead atoms. The van der Waals surface area contributed by atoms with Crippen molar-refractivity contribution in [1.29, 1.82) is 0 Å². The van der Waals surface area contributed by atoms with Crippen LogP contribution in [0.2, 0.25) is 5.02 Å². The van der Waals surface area contributed by atoms with Gasteiger partial charge in [-0.15, -0.1) is 0 Å². The predicted molar refractivity (Wildman–Crippen MR) is 108 cm³/mol. The topological polar surface area (TPSA) is 129 Å². The molecule has 1 aromatic carbocycles. The van der Waals surface area contributed by atoms with Gasteiger partial charge in [-0.05, 0) is 31.2 Å². The lowest BCUT2D eigenvalue weighted by Crippen LogP contribution is -2.38. The highest BCUT2D eigenvalue weighted by atomic mass is 35.5. The number of halogens is 1.